The summed E-state index contributed by atoms with van der Waals surface area (Å²) in [7, 11) is 0. The standard InChI is InChI=1S/C20H22ClN5O3/c1-11-5-4-8-26(10-11)20-24-17-16(19(29)25-20)12(9-15(27)23-17)18(28)22-14-7-3-2-6-13(14)21/h2-3,6-7,11-12H,4-5,8-10H2,1H3,(H,22,28)(H2,23,24,25,27,29). The number of aromatic amines is 1. The Bertz CT molecular complexity index is 1020. The number of H-pyrrole nitrogens is 1. The molecule has 0 bridgehead atoms. The normalized spacial score (nSPS) is 21.3. The molecule has 8 nitrogen and oxygen atoms in total. The summed E-state index contributed by atoms with van der Waals surface area (Å²) in [5.74, 6) is -0.701. The smallest absolute Gasteiger partial charge is 0.258 e. The zero-order valence-corrected chi connectivity index (χ0v) is 16.8. The zero-order valence-electron chi connectivity index (χ0n) is 16.0. The quantitative estimate of drug-likeness (QED) is 0.714. The maximum Gasteiger partial charge on any atom is 0.258 e. The molecule has 3 heterocycles. The third-order valence-corrected chi connectivity index (χ3v) is 5.67. The Labute approximate surface area is 172 Å². The van der Waals surface area contributed by atoms with Crippen molar-refractivity contribution in [2.45, 2.75) is 32.1 Å². The van der Waals surface area contributed by atoms with Crippen LogP contribution in [0, 0.1) is 5.92 Å². The van der Waals surface area contributed by atoms with Crippen molar-refractivity contribution in [3.8, 4) is 0 Å². The number of hydrogen-bond donors (Lipinski definition) is 3. The number of nitrogens with one attached hydrogen (secondary N) is 3. The predicted molar refractivity (Wildman–Crippen MR) is 112 cm³/mol. The number of benzene rings is 1. The average molecular weight is 416 g/mol. The van der Waals surface area contributed by atoms with E-state index in [2.05, 4.69) is 27.5 Å². The lowest BCUT2D eigenvalue weighted by atomic mass is 9.92. The van der Waals surface area contributed by atoms with Gasteiger partial charge in [-0.3, -0.25) is 19.4 Å². The van der Waals surface area contributed by atoms with Gasteiger partial charge in [-0.15, -0.1) is 0 Å². The van der Waals surface area contributed by atoms with Gasteiger partial charge in [0, 0.05) is 19.5 Å². The van der Waals surface area contributed by atoms with Crippen LogP contribution in [0.25, 0.3) is 0 Å². The van der Waals surface area contributed by atoms with E-state index in [-0.39, 0.29) is 23.7 Å². The summed E-state index contributed by atoms with van der Waals surface area (Å²) in [5, 5.41) is 5.74. The topological polar surface area (TPSA) is 107 Å². The van der Waals surface area contributed by atoms with Gasteiger partial charge in [0.1, 0.15) is 5.82 Å². The van der Waals surface area contributed by atoms with E-state index in [1.54, 1.807) is 24.3 Å². The number of fused-ring (bicyclic) bond motifs is 1. The monoisotopic (exact) mass is 415 g/mol. The second-order valence-electron chi connectivity index (χ2n) is 7.62. The van der Waals surface area contributed by atoms with E-state index in [0.717, 1.165) is 25.9 Å². The largest absolute Gasteiger partial charge is 0.342 e. The second kappa shape index (κ2) is 7.87. The van der Waals surface area contributed by atoms with Crippen LogP contribution in [-0.2, 0) is 9.59 Å². The minimum Gasteiger partial charge on any atom is -0.342 e. The Kier molecular flexibility index (Phi) is 5.27. The molecular formula is C20H22ClN5O3. The molecule has 1 aromatic heterocycles. The van der Waals surface area contributed by atoms with Gasteiger partial charge in [-0.2, -0.15) is 4.98 Å². The molecule has 2 aliphatic heterocycles. The number of carbonyl (C=O) groups excluding carboxylic acids is 2. The fourth-order valence-electron chi connectivity index (χ4n) is 3.90. The van der Waals surface area contributed by atoms with Gasteiger partial charge in [0.2, 0.25) is 17.8 Å². The molecule has 0 aliphatic carbocycles. The van der Waals surface area contributed by atoms with E-state index in [9.17, 15) is 14.4 Å². The van der Waals surface area contributed by atoms with Crippen LogP contribution in [0.4, 0.5) is 17.5 Å². The van der Waals surface area contributed by atoms with Gasteiger partial charge in [-0.25, -0.2) is 0 Å². The number of halogens is 1. The van der Waals surface area contributed by atoms with Crippen molar-refractivity contribution in [1.29, 1.82) is 0 Å². The van der Waals surface area contributed by atoms with Crippen molar-refractivity contribution in [2.24, 2.45) is 5.92 Å². The van der Waals surface area contributed by atoms with Gasteiger partial charge in [-0.1, -0.05) is 30.7 Å². The van der Waals surface area contributed by atoms with Gasteiger partial charge < -0.3 is 15.5 Å². The Hall–Kier alpha value is -2.87. The van der Waals surface area contributed by atoms with Crippen LogP contribution in [0.15, 0.2) is 29.1 Å². The molecule has 1 fully saturated rings. The number of aromatic nitrogens is 2. The maximum absolute atomic E-state index is 12.9. The molecule has 0 radical (unpaired) electrons. The second-order valence-corrected chi connectivity index (χ2v) is 8.03. The number of hydrogen-bond acceptors (Lipinski definition) is 5. The Morgan fingerprint density at radius 1 is 1.31 bits per heavy atom. The molecule has 152 valence electrons. The van der Waals surface area contributed by atoms with Gasteiger partial charge >= 0.3 is 0 Å². The van der Waals surface area contributed by atoms with Crippen molar-refractivity contribution in [3.63, 3.8) is 0 Å². The lowest BCUT2D eigenvalue weighted by molar-refractivity contribution is -0.123. The van der Waals surface area contributed by atoms with Crippen LogP contribution in [0.3, 0.4) is 0 Å². The van der Waals surface area contributed by atoms with Crippen molar-refractivity contribution in [3.05, 3.63) is 45.2 Å². The fourth-order valence-corrected chi connectivity index (χ4v) is 4.08. The van der Waals surface area contributed by atoms with Crippen LogP contribution >= 0.6 is 11.6 Å². The third-order valence-electron chi connectivity index (χ3n) is 5.34. The van der Waals surface area contributed by atoms with Crippen LogP contribution < -0.4 is 21.1 Å². The van der Waals surface area contributed by atoms with Gasteiger partial charge in [0.25, 0.3) is 5.56 Å². The molecule has 1 saturated heterocycles. The first-order valence-corrected chi connectivity index (χ1v) is 10.0. The molecule has 0 spiro atoms. The molecule has 2 amide bonds. The molecule has 2 unspecified atom stereocenters. The van der Waals surface area contributed by atoms with Crippen LogP contribution in [-0.4, -0.2) is 34.9 Å². The molecule has 0 saturated carbocycles. The van der Waals surface area contributed by atoms with Crippen molar-refractivity contribution >= 4 is 40.9 Å². The summed E-state index contributed by atoms with van der Waals surface area (Å²) in [6.07, 6.45) is 2.01. The summed E-state index contributed by atoms with van der Waals surface area (Å²) in [5.41, 5.74) is 0.181. The molecule has 3 N–H and O–H groups in total. The summed E-state index contributed by atoms with van der Waals surface area (Å²) >= 11 is 6.11. The van der Waals surface area contributed by atoms with Crippen LogP contribution in [0.5, 0.6) is 0 Å². The van der Waals surface area contributed by atoms with E-state index >= 15 is 0 Å². The molecule has 2 atom stereocenters. The Morgan fingerprint density at radius 2 is 2.10 bits per heavy atom. The molecular weight excluding hydrogens is 394 g/mol. The van der Waals surface area contributed by atoms with Crippen LogP contribution in [0.2, 0.25) is 5.02 Å². The highest BCUT2D eigenvalue weighted by Gasteiger charge is 2.35. The van der Waals surface area contributed by atoms with Crippen molar-refractivity contribution < 1.29 is 9.59 Å². The van der Waals surface area contributed by atoms with E-state index in [1.165, 1.54) is 0 Å². The first-order valence-electron chi connectivity index (χ1n) is 9.66. The Balaban J connectivity index is 1.66. The zero-order chi connectivity index (χ0) is 20.5. The SMILES string of the molecule is CC1CCCN(c2nc3c(c(=O)[nH]2)C(C(=O)Nc2ccccc2Cl)CC(=O)N3)C1. The summed E-state index contributed by atoms with van der Waals surface area (Å²) in [6.45, 7) is 3.72. The lowest BCUT2D eigenvalue weighted by Gasteiger charge is -2.32. The van der Waals surface area contributed by atoms with Crippen LogP contribution in [0.1, 0.15) is 37.7 Å². The minimum atomic E-state index is -0.944. The van der Waals surface area contributed by atoms with Gasteiger partial charge in [0.05, 0.1) is 22.2 Å². The average Bonchev–Trinajstić information content (AvgIpc) is 2.68. The lowest BCUT2D eigenvalue weighted by Crippen LogP contribution is -2.40. The molecule has 2 aromatic rings. The van der Waals surface area contributed by atoms with Gasteiger partial charge in [0.15, 0.2) is 0 Å². The summed E-state index contributed by atoms with van der Waals surface area (Å²) in [6, 6.07) is 6.80. The first kappa shape index (κ1) is 19.4. The molecule has 29 heavy (non-hydrogen) atoms. The van der Waals surface area contributed by atoms with E-state index in [4.69, 9.17) is 11.6 Å². The number of carbonyl (C=O) groups is 2. The number of amides is 2. The number of nitrogens with zero attached hydrogens (tertiary/aromatic N) is 2. The summed E-state index contributed by atoms with van der Waals surface area (Å²) < 4.78 is 0. The number of para-hydroxylation sites is 1. The molecule has 9 heteroatoms. The highest BCUT2D eigenvalue weighted by atomic mass is 35.5. The van der Waals surface area contributed by atoms with E-state index in [1.807, 2.05) is 4.90 Å². The predicted octanol–water partition coefficient (Wildman–Crippen LogP) is 2.72. The number of rotatable bonds is 3. The first-order chi connectivity index (χ1) is 13.9. The van der Waals surface area contributed by atoms with E-state index < -0.39 is 17.4 Å². The minimum absolute atomic E-state index is 0.131. The van der Waals surface area contributed by atoms with Crippen molar-refractivity contribution in [1.82, 2.24) is 9.97 Å². The number of piperidine rings is 1. The fraction of sp³-hybridized carbons (Fsp3) is 0.400. The molecule has 4 rings (SSSR count). The highest BCUT2D eigenvalue weighted by molar-refractivity contribution is 6.33. The van der Waals surface area contributed by atoms with Gasteiger partial charge in [-0.05, 0) is 30.9 Å². The summed E-state index contributed by atoms with van der Waals surface area (Å²) in [4.78, 5) is 47.3. The highest BCUT2D eigenvalue weighted by Crippen LogP contribution is 2.31. The number of anilines is 3. The molecule has 1 aromatic carbocycles. The third kappa shape index (κ3) is 3.98. The Morgan fingerprint density at radius 3 is 2.86 bits per heavy atom. The maximum atomic E-state index is 12.9. The van der Waals surface area contributed by atoms with E-state index in [0.29, 0.717) is 22.6 Å². The van der Waals surface area contributed by atoms with Crippen molar-refractivity contribution in [2.75, 3.05) is 28.6 Å². The molecule has 2 aliphatic rings.